The number of halogens is 1. The first-order chi connectivity index (χ1) is 12.9. The summed E-state index contributed by atoms with van der Waals surface area (Å²) < 4.78 is 6.00. The van der Waals surface area contributed by atoms with Gasteiger partial charge in [-0.15, -0.1) is 0 Å². The van der Waals surface area contributed by atoms with E-state index in [0.29, 0.717) is 10.8 Å². The summed E-state index contributed by atoms with van der Waals surface area (Å²) in [7, 11) is 0. The van der Waals surface area contributed by atoms with Crippen LogP contribution >= 0.6 is 11.6 Å². The third-order valence-corrected chi connectivity index (χ3v) is 4.21. The molecule has 0 fully saturated rings. The Morgan fingerprint density at radius 2 is 2.15 bits per heavy atom. The first-order valence-electron chi connectivity index (χ1n) is 7.71. The van der Waals surface area contributed by atoms with Gasteiger partial charge in [-0.1, -0.05) is 17.7 Å². The number of hydrogen-bond acceptors (Lipinski definition) is 5. The second-order valence-corrected chi connectivity index (χ2v) is 5.96. The standard InChI is InChI=1S/C19H12ClN3O4/c1-11-4-5-12(9-16(11)20)23-18(24)15(10-21)14(17(22-23)19(25)26)7-6-13-3-2-8-27-13/h2-9H,1H3,(H,25,26)/b7-6+. The zero-order valence-corrected chi connectivity index (χ0v) is 14.8. The van der Waals surface area contributed by atoms with E-state index in [1.54, 1.807) is 37.3 Å². The van der Waals surface area contributed by atoms with Gasteiger partial charge in [0.1, 0.15) is 17.4 Å². The zero-order chi connectivity index (χ0) is 19.6. The third-order valence-electron chi connectivity index (χ3n) is 3.80. The first kappa shape index (κ1) is 18.2. The maximum absolute atomic E-state index is 12.7. The highest BCUT2D eigenvalue weighted by molar-refractivity contribution is 6.31. The average Bonchev–Trinajstić information content (AvgIpc) is 3.15. The highest BCUT2D eigenvalue weighted by atomic mass is 35.5. The van der Waals surface area contributed by atoms with Crippen LogP contribution in [0.15, 0.2) is 45.8 Å². The topological polar surface area (TPSA) is 109 Å². The lowest BCUT2D eigenvalue weighted by atomic mass is 10.1. The number of carbonyl (C=O) groups is 1. The fourth-order valence-corrected chi connectivity index (χ4v) is 2.58. The molecule has 27 heavy (non-hydrogen) atoms. The summed E-state index contributed by atoms with van der Waals surface area (Å²) in [5, 5.41) is 23.3. The van der Waals surface area contributed by atoms with E-state index < -0.39 is 17.2 Å². The zero-order valence-electron chi connectivity index (χ0n) is 14.0. The summed E-state index contributed by atoms with van der Waals surface area (Å²) in [6, 6.07) is 9.79. The van der Waals surface area contributed by atoms with Gasteiger partial charge in [-0.2, -0.15) is 15.0 Å². The van der Waals surface area contributed by atoms with Crippen LogP contribution in [0.3, 0.4) is 0 Å². The van der Waals surface area contributed by atoms with Crippen molar-refractivity contribution >= 4 is 29.7 Å². The molecule has 3 rings (SSSR count). The number of rotatable bonds is 4. The summed E-state index contributed by atoms with van der Waals surface area (Å²) in [5.74, 6) is -0.942. The summed E-state index contributed by atoms with van der Waals surface area (Å²) in [6.07, 6.45) is 4.22. The smallest absolute Gasteiger partial charge is 0.357 e. The van der Waals surface area contributed by atoms with Crippen molar-refractivity contribution in [2.45, 2.75) is 6.92 Å². The Bertz CT molecular complexity index is 1150. The molecule has 0 aliphatic rings. The number of aromatic nitrogens is 2. The summed E-state index contributed by atoms with van der Waals surface area (Å²) in [6.45, 7) is 1.79. The number of nitrogens with zero attached hydrogens (tertiary/aromatic N) is 3. The molecule has 7 nitrogen and oxygen atoms in total. The average molecular weight is 382 g/mol. The molecule has 0 saturated carbocycles. The van der Waals surface area contributed by atoms with E-state index in [4.69, 9.17) is 16.0 Å². The molecule has 1 aromatic carbocycles. The van der Waals surface area contributed by atoms with Gasteiger partial charge in [0.15, 0.2) is 5.69 Å². The quantitative estimate of drug-likeness (QED) is 0.740. The predicted octanol–water partition coefficient (Wildman–Crippen LogP) is 3.53. The number of nitriles is 1. The van der Waals surface area contributed by atoms with Crippen molar-refractivity contribution in [2.24, 2.45) is 0 Å². The third kappa shape index (κ3) is 3.52. The summed E-state index contributed by atoms with van der Waals surface area (Å²) in [5.41, 5.74) is -0.587. The van der Waals surface area contributed by atoms with Gasteiger partial charge in [-0.3, -0.25) is 4.79 Å². The molecule has 0 atom stereocenters. The van der Waals surface area contributed by atoms with Crippen LogP contribution in [0.25, 0.3) is 17.8 Å². The minimum atomic E-state index is -1.38. The molecule has 0 unspecified atom stereocenters. The van der Waals surface area contributed by atoms with Gasteiger partial charge in [-0.25, -0.2) is 4.79 Å². The Morgan fingerprint density at radius 3 is 2.74 bits per heavy atom. The van der Waals surface area contributed by atoms with E-state index >= 15 is 0 Å². The highest BCUT2D eigenvalue weighted by Gasteiger charge is 2.21. The van der Waals surface area contributed by atoms with Crippen LogP contribution in [0.1, 0.15) is 32.9 Å². The van der Waals surface area contributed by atoms with Crippen molar-refractivity contribution in [1.29, 1.82) is 5.26 Å². The molecule has 0 saturated heterocycles. The predicted molar refractivity (Wildman–Crippen MR) is 98.9 cm³/mol. The number of carboxylic acids is 1. The van der Waals surface area contributed by atoms with Gasteiger partial charge >= 0.3 is 5.97 Å². The molecule has 1 N–H and O–H groups in total. The molecule has 3 aromatic rings. The Kier molecular flexibility index (Phi) is 4.92. The Morgan fingerprint density at radius 1 is 1.37 bits per heavy atom. The van der Waals surface area contributed by atoms with Crippen molar-refractivity contribution in [3.63, 3.8) is 0 Å². The molecule has 0 amide bonds. The van der Waals surface area contributed by atoms with Crippen LogP contribution in [0.5, 0.6) is 0 Å². The van der Waals surface area contributed by atoms with E-state index in [0.717, 1.165) is 10.2 Å². The molecule has 2 heterocycles. The van der Waals surface area contributed by atoms with Crippen LogP contribution in [-0.4, -0.2) is 20.9 Å². The van der Waals surface area contributed by atoms with E-state index in [9.17, 15) is 20.0 Å². The van der Waals surface area contributed by atoms with Gasteiger partial charge in [-0.05, 0) is 48.9 Å². The molecule has 0 spiro atoms. The molecule has 2 aromatic heterocycles. The van der Waals surface area contributed by atoms with E-state index in [1.165, 1.54) is 24.5 Å². The first-order valence-corrected chi connectivity index (χ1v) is 8.09. The Balaban J connectivity index is 2.26. The van der Waals surface area contributed by atoms with Crippen molar-refractivity contribution in [3.8, 4) is 11.8 Å². The molecule has 0 bridgehead atoms. The number of carboxylic acid groups (broad SMARTS) is 1. The number of furan rings is 1. The Labute approximate surface area is 158 Å². The minimum Gasteiger partial charge on any atom is -0.476 e. The Hall–Kier alpha value is -3.63. The second-order valence-electron chi connectivity index (χ2n) is 5.55. The number of hydrogen-bond donors (Lipinski definition) is 1. The highest BCUT2D eigenvalue weighted by Crippen LogP contribution is 2.20. The molecule has 8 heteroatoms. The summed E-state index contributed by atoms with van der Waals surface area (Å²) in [4.78, 5) is 24.4. The van der Waals surface area contributed by atoms with Crippen molar-refractivity contribution in [1.82, 2.24) is 9.78 Å². The van der Waals surface area contributed by atoms with Gasteiger partial charge in [0.05, 0.1) is 12.0 Å². The molecule has 134 valence electrons. The normalized spacial score (nSPS) is 10.9. The lowest BCUT2D eigenvalue weighted by Crippen LogP contribution is -2.28. The minimum absolute atomic E-state index is 0.0964. The molecule has 0 aliphatic carbocycles. The van der Waals surface area contributed by atoms with E-state index in [-0.39, 0.29) is 16.8 Å². The van der Waals surface area contributed by atoms with Gasteiger partial charge in [0, 0.05) is 10.6 Å². The van der Waals surface area contributed by atoms with Gasteiger partial charge in [0.2, 0.25) is 0 Å². The molecule has 0 aliphatic heterocycles. The second kappa shape index (κ2) is 7.32. The van der Waals surface area contributed by atoms with Crippen molar-refractivity contribution in [3.05, 3.63) is 80.1 Å². The van der Waals surface area contributed by atoms with Crippen LogP contribution < -0.4 is 5.56 Å². The number of aryl methyl sites for hydroxylation is 1. The molecule has 0 radical (unpaired) electrons. The van der Waals surface area contributed by atoms with Crippen LogP contribution in [0, 0.1) is 18.3 Å². The van der Waals surface area contributed by atoms with Crippen molar-refractivity contribution in [2.75, 3.05) is 0 Å². The molecular formula is C19H12ClN3O4. The SMILES string of the molecule is Cc1ccc(-n2nc(C(=O)O)c(/C=C/c3ccco3)c(C#N)c2=O)cc1Cl. The number of benzene rings is 1. The monoisotopic (exact) mass is 381 g/mol. The summed E-state index contributed by atoms with van der Waals surface area (Å²) >= 11 is 6.08. The molecular weight excluding hydrogens is 370 g/mol. The van der Waals surface area contributed by atoms with Crippen LogP contribution in [-0.2, 0) is 0 Å². The van der Waals surface area contributed by atoms with Gasteiger partial charge < -0.3 is 9.52 Å². The lowest BCUT2D eigenvalue weighted by molar-refractivity contribution is 0.0688. The van der Waals surface area contributed by atoms with Crippen molar-refractivity contribution < 1.29 is 14.3 Å². The van der Waals surface area contributed by atoms with Crippen LogP contribution in [0.4, 0.5) is 0 Å². The van der Waals surface area contributed by atoms with Crippen LogP contribution in [0.2, 0.25) is 5.02 Å². The van der Waals surface area contributed by atoms with E-state index in [2.05, 4.69) is 5.10 Å². The maximum atomic E-state index is 12.7. The number of aromatic carboxylic acids is 1. The van der Waals surface area contributed by atoms with Gasteiger partial charge in [0.25, 0.3) is 5.56 Å². The fourth-order valence-electron chi connectivity index (χ4n) is 2.41. The lowest BCUT2D eigenvalue weighted by Gasteiger charge is -2.10. The fraction of sp³-hybridized carbons (Fsp3) is 0.0526. The van der Waals surface area contributed by atoms with E-state index in [1.807, 2.05) is 0 Å². The largest absolute Gasteiger partial charge is 0.476 e. The maximum Gasteiger partial charge on any atom is 0.357 e.